The highest BCUT2D eigenvalue weighted by atomic mass is 19.1. The molecule has 1 aromatic carbocycles. The molecule has 2 rings (SSSR count). The van der Waals surface area contributed by atoms with Gasteiger partial charge in [-0.1, -0.05) is 6.07 Å². The number of rotatable bonds is 2. The summed E-state index contributed by atoms with van der Waals surface area (Å²) in [5, 5.41) is 3.56. The molecule has 4 heteroatoms. The zero-order chi connectivity index (χ0) is 11.7. The van der Waals surface area contributed by atoms with Crippen molar-refractivity contribution in [3.05, 3.63) is 29.7 Å². The van der Waals surface area contributed by atoms with Crippen LogP contribution in [-0.2, 0) is 0 Å². The van der Waals surface area contributed by atoms with Crippen LogP contribution in [0.15, 0.2) is 18.3 Å². The van der Waals surface area contributed by atoms with E-state index < -0.39 is 0 Å². The number of benzene rings is 1. The van der Waals surface area contributed by atoms with E-state index in [1.165, 1.54) is 6.07 Å². The third kappa shape index (κ3) is 1.56. The standard InChI is InChI=1S/C12H14FN3/c1-3-15-12-9(14)6-16-11-7(2)4-5-8(13)10(11)12/h4-6H,3,14H2,1-2H3,(H,15,16). The summed E-state index contributed by atoms with van der Waals surface area (Å²) < 4.78 is 13.8. The Bertz CT molecular complexity index is 537. The predicted octanol–water partition coefficient (Wildman–Crippen LogP) is 2.70. The Kier molecular flexibility index (Phi) is 2.64. The Hall–Kier alpha value is -1.84. The van der Waals surface area contributed by atoms with Crippen LogP contribution in [0.5, 0.6) is 0 Å². The van der Waals surface area contributed by atoms with Crippen molar-refractivity contribution in [2.45, 2.75) is 13.8 Å². The molecule has 2 aromatic rings. The molecule has 3 nitrogen and oxygen atoms in total. The van der Waals surface area contributed by atoms with Gasteiger partial charge in [-0.25, -0.2) is 4.39 Å². The number of nitrogen functional groups attached to an aromatic ring is 1. The molecule has 0 amide bonds. The molecule has 0 fully saturated rings. The molecule has 0 aliphatic rings. The molecular formula is C12H14FN3. The van der Waals surface area contributed by atoms with E-state index in [-0.39, 0.29) is 5.82 Å². The lowest BCUT2D eigenvalue weighted by atomic mass is 10.1. The number of nitrogens with zero attached hydrogens (tertiary/aromatic N) is 1. The van der Waals surface area contributed by atoms with E-state index in [1.54, 1.807) is 12.3 Å². The second kappa shape index (κ2) is 3.96. The highest BCUT2D eigenvalue weighted by Crippen LogP contribution is 2.31. The number of pyridine rings is 1. The molecule has 0 saturated heterocycles. The molecule has 0 unspecified atom stereocenters. The normalized spacial score (nSPS) is 10.7. The fourth-order valence-corrected chi connectivity index (χ4v) is 1.79. The summed E-state index contributed by atoms with van der Waals surface area (Å²) in [4.78, 5) is 4.18. The molecule has 84 valence electrons. The van der Waals surface area contributed by atoms with Crippen molar-refractivity contribution < 1.29 is 4.39 Å². The van der Waals surface area contributed by atoms with Crippen LogP contribution in [-0.4, -0.2) is 11.5 Å². The number of nitrogens with one attached hydrogen (secondary N) is 1. The van der Waals surface area contributed by atoms with Gasteiger partial charge < -0.3 is 11.1 Å². The van der Waals surface area contributed by atoms with Gasteiger partial charge in [-0.3, -0.25) is 4.98 Å². The van der Waals surface area contributed by atoms with E-state index in [1.807, 2.05) is 13.8 Å². The Morgan fingerprint density at radius 2 is 2.19 bits per heavy atom. The minimum absolute atomic E-state index is 0.295. The largest absolute Gasteiger partial charge is 0.396 e. The van der Waals surface area contributed by atoms with Gasteiger partial charge in [0.1, 0.15) is 5.82 Å². The number of anilines is 2. The number of fused-ring (bicyclic) bond motifs is 1. The quantitative estimate of drug-likeness (QED) is 0.816. The summed E-state index contributed by atoms with van der Waals surface area (Å²) >= 11 is 0. The summed E-state index contributed by atoms with van der Waals surface area (Å²) in [6.07, 6.45) is 1.56. The molecule has 0 atom stereocenters. The highest BCUT2D eigenvalue weighted by Gasteiger charge is 2.11. The molecule has 1 aromatic heterocycles. The van der Waals surface area contributed by atoms with Crippen LogP contribution in [0.2, 0.25) is 0 Å². The molecule has 0 spiro atoms. The van der Waals surface area contributed by atoms with Crippen LogP contribution in [0.1, 0.15) is 12.5 Å². The first-order chi connectivity index (χ1) is 7.65. The zero-order valence-electron chi connectivity index (χ0n) is 9.34. The van der Waals surface area contributed by atoms with Gasteiger partial charge in [-0.05, 0) is 25.5 Å². The highest BCUT2D eigenvalue weighted by molar-refractivity contribution is 5.98. The number of halogens is 1. The van der Waals surface area contributed by atoms with E-state index in [0.29, 0.717) is 28.8 Å². The Labute approximate surface area is 93.5 Å². The number of aryl methyl sites for hydroxylation is 1. The smallest absolute Gasteiger partial charge is 0.134 e. The van der Waals surface area contributed by atoms with Gasteiger partial charge in [-0.2, -0.15) is 0 Å². The fraction of sp³-hybridized carbons (Fsp3) is 0.250. The van der Waals surface area contributed by atoms with Crippen LogP contribution in [0.4, 0.5) is 15.8 Å². The number of hydrogen-bond donors (Lipinski definition) is 2. The second-order valence-corrected chi connectivity index (χ2v) is 3.71. The fourth-order valence-electron chi connectivity index (χ4n) is 1.79. The van der Waals surface area contributed by atoms with Crippen molar-refractivity contribution in [2.24, 2.45) is 0 Å². The van der Waals surface area contributed by atoms with Crippen molar-refractivity contribution in [1.29, 1.82) is 0 Å². The maximum absolute atomic E-state index is 13.8. The lowest BCUT2D eigenvalue weighted by molar-refractivity contribution is 0.639. The molecular weight excluding hydrogens is 205 g/mol. The van der Waals surface area contributed by atoms with Crippen molar-refractivity contribution in [3.63, 3.8) is 0 Å². The SMILES string of the molecule is CCNc1c(N)cnc2c(C)ccc(F)c12. The first-order valence-corrected chi connectivity index (χ1v) is 5.22. The van der Waals surface area contributed by atoms with Gasteiger partial charge in [0.2, 0.25) is 0 Å². The first-order valence-electron chi connectivity index (χ1n) is 5.22. The van der Waals surface area contributed by atoms with Crippen molar-refractivity contribution in [1.82, 2.24) is 4.98 Å². The van der Waals surface area contributed by atoms with Crippen molar-refractivity contribution in [3.8, 4) is 0 Å². The molecule has 0 aliphatic carbocycles. The van der Waals surface area contributed by atoms with Gasteiger partial charge in [0.05, 0.1) is 28.5 Å². The van der Waals surface area contributed by atoms with E-state index in [2.05, 4.69) is 10.3 Å². The summed E-state index contributed by atoms with van der Waals surface area (Å²) in [6.45, 7) is 4.54. The van der Waals surface area contributed by atoms with E-state index in [0.717, 1.165) is 5.56 Å². The molecule has 0 radical (unpaired) electrons. The van der Waals surface area contributed by atoms with Gasteiger partial charge in [0, 0.05) is 6.54 Å². The van der Waals surface area contributed by atoms with E-state index in [4.69, 9.17) is 5.73 Å². The number of aromatic nitrogens is 1. The zero-order valence-corrected chi connectivity index (χ0v) is 9.34. The van der Waals surface area contributed by atoms with Gasteiger partial charge in [0.25, 0.3) is 0 Å². The topological polar surface area (TPSA) is 50.9 Å². The minimum Gasteiger partial charge on any atom is -0.396 e. The molecule has 3 N–H and O–H groups in total. The Balaban J connectivity index is 2.85. The maximum atomic E-state index is 13.8. The molecule has 0 bridgehead atoms. The summed E-state index contributed by atoms with van der Waals surface area (Å²) in [5.41, 5.74) is 8.50. The van der Waals surface area contributed by atoms with E-state index in [9.17, 15) is 4.39 Å². The minimum atomic E-state index is -0.295. The second-order valence-electron chi connectivity index (χ2n) is 3.71. The third-order valence-corrected chi connectivity index (χ3v) is 2.55. The number of hydrogen-bond acceptors (Lipinski definition) is 3. The molecule has 16 heavy (non-hydrogen) atoms. The lowest BCUT2D eigenvalue weighted by Crippen LogP contribution is -2.04. The Morgan fingerprint density at radius 3 is 2.88 bits per heavy atom. The summed E-state index contributed by atoms with van der Waals surface area (Å²) in [6, 6.07) is 3.16. The molecule has 1 heterocycles. The monoisotopic (exact) mass is 219 g/mol. The average Bonchev–Trinajstić information content (AvgIpc) is 2.27. The number of nitrogens with two attached hydrogens (primary N) is 1. The first kappa shape index (κ1) is 10.7. The maximum Gasteiger partial charge on any atom is 0.134 e. The molecule has 0 aliphatic heterocycles. The van der Waals surface area contributed by atoms with Crippen LogP contribution in [0.25, 0.3) is 10.9 Å². The van der Waals surface area contributed by atoms with Crippen molar-refractivity contribution in [2.75, 3.05) is 17.6 Å². The predicted molar refractivity (Wildman–Crippen MR) is 65.0 cm³/mol. The third-order valence-electron chi connectivity index (χ3n) is 2.55. The average molecular weight is 219 g/mol. The van der Waals surface area contributed by atoms with Gasteiger partial charge >= 0.3 is 0 Å². The van der Waals surface area contributed by atoms with Crippen LogP contribution < -0.4 is 11.1 Å². The van der Waals surface area contributed by atoms with Crippen LogP contribution in [0.3, 0.4) is 0 Å². The van der Waals surface area contributed by atoms with Crippen LogP contribution >= 0.6 is 0 Å². The molecule has 0 saturated carbocycles. The lowest BCUT2D eigenvalue weighted by Gasteiger charge is -2.12. The van der Waals surface area contributed by atoms with Crippen LogP contribution in [0, 0.1) is 12.7 Å². The Morgan fingerprint density at radius 1 is 1.44 bits per heavy atom. The van der Waals surface area contributed by atoms with E-state index >= 15 is 0 Å². The van der Waals surface area contributed by atoms with Gasteiger partial charge in [0.15, 0.2) is 0 Å². The summed E-state index contributed by atoms with van der Waals surface area (Å²) in [5.74, 6) is -0.295. The van der Waals surface area contributed by atoms with Crippen molar-refractivity contribution >= 4 is 22.3 Å². The summed E-state index contributed by atoms with van der Waals surface area (Å²) in [7, 11) is 0. The van der Waals surface area contributed by atoms with Gasteiger partial charge in [-0.15, -0.1) is 0 Å².